The van der Waals surface area contributed by atoms with E-state index in [0.717, 1.165) is 30.1 Å². The van der Waals surface area contributed by atoms with Crippen molar-refractivity contribution in [1.82, 2.24) is 15.1 Å². The normalized spacial score (nSPS) is 21.9. The van der Waals surface area contributed by atoms with E-state index in [1.807, 2.05) is 13.0 Å². The molecular weight excluding hydrogens is 468 g/mol. The summed E-state index contributed by atoms with van der Waals surface area (Å²) in [6.45, 7) is 9.61. The number of likely N-dealkylation sites (tertiary alicyclic amines) is 1. The van der Waals surface area contributed by atoms with E-state index in [2.05, 4.69) is 34.3 Å². The first-order valence-corrected chi connectivity index (χ1v) is 13.2. The second-order valence-corrected chi connectivity index (χ2v) is 10.0. The smallest absolute Gasteiger partial charge is 0.264 e. The van der Waals surface area contributed by atoms with Gasteiger partial charge in [-0.2, -0.15) is 0 Å². The molecule has 0 saturated carbocycles. The van der Waals surface area contributed by atoms with Crippen LogP contribution in [0.4, 0.5) is 5.69 Å². The van der Waals surface area contributed by atoms with E-state index in [-0.39, 0.29) is 24.0 Å². The minimum atomic E-state index is -0.976. The Morgan fingerprint density at radius 1 is 1.05 bits per heavy atom. The molecule has 8 nitrogen and oxygen atoms in total. The van der Waals surface area contributed by atoms with Crippen LogP contribution in [0.15, 0.2) is 54.2 Å². The van der Waals surface area contributed by atoms with Gasteiger partial charge in [0.25, 0.3) is 11.8 Å². The van der Waals surface area contributed by atoms with Gasteiger partial charge in [0.1, 0.15) is 6.04 Å². The summed E-state index contributed by atoms with van der Waals surface area (Å²) in [6.07, 6.45) is 12.7. The van der Waals surface area contributed by atoms with Crippen LogP contribution in [-0.4, -0.2) is 65.6 Å². The Labute approximate surface area is 218 Å². The molecule has 3 aliphatic heterocycles. The molecule has 0 radical (unpaired) electrons. The van der Waals surface area contributed by atoms with Crippen LogP contribution in [0.2, 0.25) is 0 Å². The fraction of sp³-hybridized carbons (Fsp3) is 0.448. The summed E-state index contributed by atoms with van der Waals surface area (Å²) in [5.74, 6) is -2.02. The second kappa shape index (κ2) is 12.1. The van der Waals surface area contributed by atoms with E-state index >= 15 is 0 Å². The number of nitrogens with zero attached hydrogens (tertiary/aromatic N) is 2. The number of imide groups is 2. The van der Waals surface area contributed by atoms with Crippen LogP contribution in [0.5, 0.6) is 0 Å². The van der Waals surface area contributed by atoms with Gasteiger partial charge >= 0.3 is 0 Å². The number of anilines is 1. The molecule has 4 rings (SSSR count). The second-order valence-electron chi connectivity index (χ2n) is 10.0. The van der Waals surface area contributed by atoms with Crippen LogP contribution >= 0.6 is 0 Å². The lowest BCUT2D eigenvalue weighted by Gasteiger charge is -2.27. The number of carbonyl (C=O) groups is 4. The molecule has 4 amide bonds. The Morgan fingerprint density at radius 2 is 1.78 bits per heavy atom. The van der Waals surface area contributed by atoms with E-state index in [1.165, 1.54) is 37.7 Å². The van der Waals surface area contributed by atoms with Crippen molar-refractivity contribution in [3.63, 3.8) is 0 Å². The summed E-state index contributed by atoms with van der Waals surface area (Å²) < 4.78 is 0. The van der Waals surface area contributed by atoms with Crippen LogP contribution in [0.1, 0.15) is 72.6 Å². The highest BCUT2D eigenvalue weighted by Crippen LogP contribution is 2.32. The standard InChI is InChI=1S/C29H36N4O4/c1-3-21(19-32-16-7-5-4-6-8-17-32)13-12-20(2)18-30-23-11-9-10-22-26(23)29(37)33(28(22)36)24-14-15-25(34)31-27(24)35/h3,9-13,24,30H,1,4-8,14-19H2,2H3,(H,31,34,35)/b20-12+,21-13+/t24-/m0/s1. The zero-order valence-corrected chi connectivity index (χ0v) is 21.6. The molecule has 2 saturated heterocycles. The summed E-state index contributed by atoms with van der Waals surface area (Å²) in [4.78, 5) is 53.6. The fourth-order valence-corrected chi connectivity index (χ4v) is 5.12. The summed E-state index contributed by atoms with van der Waals surface area (Å²) in [6, 6.07) is 4.10. The zero-order valence-electron chi connectivity index (χ0n) is 21.6. The lowest BCUT2D eigenvalue weighted by atomic mass is 10.0. The van der Waals surface area contributed by atoms with E-state index < -0.39 is 29.7 Å². The summed E-state index contributed by atoms with van der Waals surface area (Å²) >= 11 is 0. The molecule has 0 aliphatic carbocycles. The first kappa shape index (κ1) is 26.5. The number of fused-ring (bicyclic) bond motifs is 1. The van der Waals surface area contributed by atoms with Gasteiger partial charge in [0.05, 0.1) is 11.1 Å². The van der Waals surface area contributed by atoms with Gasteiger partial charge in [0.15, 0.2) is 0 Å². The molecule has 3 aliphatic rings. The largest absolute Gasteiger partial charge is 0.381 e. The molecule has 1 aromatic rings. The summed E-state index contributed by atoms with van der Waals surface area (Å²) in [5.41, 5.74) is 3.31. The number of piperidine rings is 1. The third-order valence-electron chi connectivity index (χ3n) is 7.22. The fourth-order valence-electron chi connectivity index (χ4n) is 5.12. The lowest BCUT2D eigenvalue weighted by molar-refractivity contribution is -0.136. The zero-order chi connectivity index (χ0) is 26.4. The molecule has 1 atom stereocenters. The van der Waals surface area contributed by atoms with Gasteiger partial charge < -0.3 is 5.32 Å². The van der Waals surface area contributed by atoms with Crippen LogP contribution in [0.25, 0.3) is 0 Å². The summed E-state index contributed by atoms with van der Waals surface area (Å²) in [5, 5.41) is 5.51. The first-order chi connectivity index (χ1) is 17.9. The van der Waals surface area contributed by atoms with Gasteiger partial charge in [-0.05, 0) is 57.0 Å². The maximum atomic E-state index is 13.2. The average Bonchev–Trinajstić information content (AvgIpc) is 3.12. The molecule has 0 unspecified atom stereocenters. The van der Waals surface area contributed by atoms with Crippen molar-refractivity contribution in [2.45, 2.75) is 57.9 Å². The molecule has 37 heavy (non-hydrogen) atoms. The molecule has 1 aromatic carbocycles. The van der Waals surface area contributed by atoms with E-state index in [0.29, 0.717) is 12.2 Å². The number of nitrogens with one attached hydrogen (secondary N) is 2. The first-order valence-electron chi connectivity index (χ1n) is 13.2. The molecular formula is C29H36N4O4. The molecule has 0 aromatic heterocycles. The summed E-state index contributed by atoms with van der Waals surface area (Å²) in [7, 11) is 0. The Kier molecular flexibility index (Phi) is 8.71. The van der Waals surface area contributed by atoms with Gasteiger partial charge in [-0.3, -0.25) is 34.3 Å². The van der Waals surface area contributed by atoms with Crippen LogP contribution in [-0.2, 0) is 9.59 Å². The van der Waals surface area contributed by atoms with E-state index in [9.17, 15) is 19.2 Å². The predicted molar refractivity (Wildman–Crippen MR) is 143 cm³/mol. The van der Waals surface area contributed by atoms with Crippen molar-refractivity contribution in [2.75, 3.05) is 31.5 Å². The number of hydrogen-bond donors (Lipinski definition) is 2. The van der Waals surface area contributed by atoms with Gasteiger partial charge in [-0.1, -0.05) is 55.7 Å². The van der Waals surface area contributed by atoms with Crippen molar-refractivity contribution >= 4 is 29.3 Å². The number of hydrogen-bond acceptors (Lipinski definition) is 6. The van der Waals surface area contributed by atoms with Gasteiger partial charge in [0, 0.05) is 25.2 Å². The average molecular weight is 505 g/mol. The SMILES string of the molecule is C=C/C(=C\C=C(/C)CNc1cccc2c1C(=O)N([C@H]1CCC(=O)NC1=O)C2=O)CN1CCCCCCC1. The van der Waals surface area contributed by atoms with Gasteiger partial charge in [-0.25, -0.2) is 0 Å². The minimum Gasteiger partial charge on any atom is -0.381 e. The predicted octanol–water partition coefficient (Wildman–Crippen LogP) is 3.82. The number of carbonyl (C=O) groups excluding carboxylic acids is 4. The van der Waals surface area contributed by atoms with Gasteiger partial charge in [-0.15, -0.1) is 0 Å². The molecule has 2 N–H and O–H groups in total. The Morgan fingerprint density at radius 3 is 2.49 bits per heavy atom. The molecule has 0 spiro atoms. The van der Waals surface area contributed by atoms with Gasteiger partial charge in [0.2, 0.25) is 11.8 Å². The Bertz CT molecular complexity index is 1140. The van der Waals surface area contributed by atoms with Crippen LogP contribution in [0, 0.1) is 0 Å². The molecule has 8 heteroatoms. The number of amides is 4. The van der Waals surface area contributed by atoms with Crippen LogP contribution in [0.3, 0.4) is 0 Å². The Hall–Kier alpha value is -3.52. The number of rotatable bonds is 8. The minimum absolute atomic E-state index is 0.0941. The maximum absolute atomic E-state index is 13.2. The van der Waals surface area contributed by atoms with Crippen molar-refractivity contribution < 1.29 is 19.2 Å². The van der Waals surface area contributed by atoms with Crippen molar-refractivity contribution in [3.05, 3.63) is 65.3 Å². The van der Waals surface area contributed by atoms with Crippen molar-refractivity contribution in [2.24, 2.45) is 0 Å². The lowest BCUT2D eigenvalue weighted by Crippen LogP contribution is -2.54. The quantitative estimate of drug-likeness (QED) is 0.413. The van der Waals surface area contributed by atoms with E-state index in [1.54, 1.807) is 18.2 Å². The molecule has 0 bridgehead atoms. The third kappa shape index (κ3) is 6.25. The topological polar surface area (TPSA) is 98.8 Å². The Balaban J connectivity index is 1.42. The number of benzene rings is 1. The molecule has 2 fully saturated rings. The third-order valence-corrected chi connectivity index (χ3v) is 7.22. The van der Waals surface area contributed by atoms with E-state index in [4.69, 9.17) is 0 Å². The molecule has 196 valence electrons. The monoisotopic (exact) mass is 504 g/mol. The molecule has 3 heterocycles. The van der Waals surface area contributed by atoms with Crippen molar-refractivity contribution in [1.29, 1.82) is 0 Å². The highest BCUT2D eigenvalue weighted by atomic mass is 16.2. The van der Waals surface area contributed by atoms with Crippen molar-refractivity contribution in [3.8, 4) is 0 Å². The number of allylic oxidation sites excluding steroid dienone is 2. The highest BCUT2D eigenvalue weighted by Gasteiger charge is 2.45. The van der Waals surface area contributed by atoms with Crippen LogP contribution < -0.4 is 10.6 Å². The highest BCUT2D eigenvalue weighted by molar-refractivity contribution is 6.25. The maximum Gasteiger partial charge on any atom is 0.264 e.